The van der Waals surface area contributed by atoms with Gasteiger partial charge in [-0.1, -0.05) is 45.4 Å². The van der Waals surface area contributed by atoms with Crippen molar-refractivity contribution in [3.63, 3.8) is 0 Å². The van der Waals surface area contributed by atoms with Crippen LogP contribution in [0.5, 0.6) is 0 Å². The predicted octanol–water partition coefficient (Wildman–Crippen LogP) is 4.21. The molecule has 2 heterocycles. The van der Waals surface area contributed by atoms with Crippen molar-refractivity contribution >= 4 is 6.85 Å². The lowest BCUT2D eigenvalue weighted by atomic mass is 9.54. The van der Waals surface area contributed by atoms with Crippen LogP contribution in [0.25, 0.3) is 11.4 Å². The maximum atomic E-state index is 4.46. The Morgan fingerprint density at radius 1 is 1.06 bits per heavy atom. The molecule has 94 valence electrons. The largest absolute Gasteiger partial charge is 0.391 e. The van der Waals surface area contributed by atoms with Crippen LogP contribution in [0, 0.1) is 0 Å². The second kappa shape index (κ2) is 6.43. The van der Waals surface area contributed by atoms with Crippen molar-refractivity contribution in [2.45, 2.75) is 39.3 Å². The van der Waals surface area contributed by atoms with E-state index >= 15 is 0 Å². The number of rotatable bonds is 6. The average molecular weight is 240 g/mol. The summed E-state index contributed by atoms with van der Waals surface area (Å²) >= 11 is 0. The minimum atomic E-state index is 0.604. The summed E-state index contributed by atoms with van der Waals surface area (Å²) in [6, 6.07) is 10.4. The zero-order valence-electron chi connectivity index (χ0n) is 11.3. The lowest BCUT2D eigenvalue weighted by Gasteiger charge is -2.17. The molecule has 0 unspecified atom stereocenters. The highest BCUT2D eigenvalue weighted by molar-refractivity contribution is 6.57. The number of aromatic nitrogens is 2. The van der Waals surface area contributed by atoms with Crippen LogP contribution in [0.15, 0.2) is 42.7 Å². The molecule has 2 aromatic heterocycles. The molecule has 0 spiro atoms. The van der Waals surface area contributed by atoms with Crippen LogP contribution in [0.3, 0.4) is 0 Å². The first-order chi connectivity index (χ1) is 8.86. The standard InChI is InChI=1S/C15H21BN2/c1-3-10-16(11-4-2)18-13-7-9-15(18)14-8-5-6-12-17-14/h5-9,12-13H,3-4,10-11H2,1-2H3. The summed E-state index contributed by atoms with van der Waals surface area (Å²) in [5.41, 5.74) is 2.31. The van der Waals surface area contributed by atoms with Crippen molar-refractivity contribution in [2.75, 3.05) is 0 Å². The topological polar surface area (TPSA) is 17.8 Å². The minimum absolute atomic E-state index is 0.604. The van der Waals surface area contributed by atoms with Gasteiger partial charge in [0, 0.05) is 6.20 Å². The van der Waals surface area contributed by atoms with E-state index in [9.17, 15) is 0 Å². The molecule has 2 nitrogen and oxygen atoms in total. The van der Waals surface area contributed by atoms with E-state index in [2.05, 4.69) is 47.7 Å². The van der Waals surface area contributed by atoms with Crippen LogP contribution in [0.4, 0.5) is 0 Å². The highest BCUT2D eigenvalue weighted by Crippen LogP contribution is 2.21. The summed E-state index contributed by atoms with van der Waals surface area (Å²) in [6.07, 6.45) is 8.99. The lowest BCUT2D eigenvalue weighted by molar-refractivity contribution is 0.959. The third kappa shape index (κ3) is 2.84. The molecule has 18 heavy (non-hydrogen) atoms. The van der Waals surface area contributed by atoms with Crippen LogP contribution >= 0.6 is 0 Å². The second-order valence-corrected chi connectivity index (χ2v) is 4.75. The van der Waals surface area contributed by atoms with Crippen molar-refractivity contribution in [2.24, 2.45) is 0 Å². The number of pyridine rings is 1. The van der Waals surface area contributed by atoms with E-state index in [1.807, 2.05) is 18.3 Å². The van der Waals surface area contributed by atoms with Crippen molar-refractivity contribution < 1.29 is 0 Å². The van der Waals surface area contributed by atoms with Gasteiger partial charge in [-0.15, -0.1) is 0 Å². The monoisotopic (exact) mass is 240 g/mol. The zero-order valence-corrected chi connectivity index (χ0v) is 11.3. The van der Waals surface area contributed by atoms with Gasteiger partial charge in [0.1, 0.15) is 0 Å². The Hall–Kier alpha value is -1.51. The summed E-state index contributed by atoms with van der Waals surface area (Å²) in [4.78, 5) is 4.46. The van der Waals surface area contributed by atoms with E-state index in [0.29, 0.717) is 6.85 Å². The van der Waals surface area contributed by atoms with E-state index in [1.165, 1.54) is 31.2 Å². The van der Waals surface area contributed by atoms with E-state index < -0.39 is 0 Å². The molecular formula is C15H21BN2. The van der Waals surface area contributed by atoms with Gasteiger partial charge in [0.15, 0.2) is 0 Å². The molecule has 3 heteroatoms. The van der Waals surface area contributed by atoms with E-state index in [0.717, 1.165) is 5.69 Å². The number of hydrogen-bond acceptors (Lipinski definition) is 1. The van der Waals surface area contributed by atoms with Crippen molar-refractivity contribution in [1.82, 2.24) is 9.46 Å². The lowest BCUT2D eigenvalue weighted by Crippen LogP contribution is -2.23. The molecular weight excluding hydrogens is 219 g/mol. The summed E-state index contributed by atoms with van der Waals surface area (Å²) in [5.74, 6) is 0. The van der Waals surface area contributed by atoms with Gasteiger partial charge in [0.25, 0.3) is 6.85 Å². The molecule has 0 aliphatic rings. The van der Waals surface area contributed by atoms with E-state index in [1.54, 1.807) is 0 Å². The predicted molar refractivity (Wildman–Crippen MR) is 79.0 cm³/mol. The van der Waals surface area contributed by atoms with Gasteiger partial charge in [0.2, 0.25) is 0 Å². The van der Waals surface area contributed by atoms with Crippen molar-refractivity contribution in [3.05, 3.63) is 42.7 Å². The highest BCUT2D eigenvalue weighted by atomic mass is 14.9. The third-order valence-electron chi connectivity index (χ3n) is 3.34. The summed E-state index contributed by atoms with van der Waals surface area (Å²) in [5, 5.41) is 0. The minimum Gasteiger partial charge on any atom is -0.391 e. The third-order valence-corrected chi connectivity index (χ3v) is 3.34. The highest BCUT2D eigenvalue weighted by Gasteiger charge is 2.17. The smallest absolute Gasteiger partial charge is 0.259 e. The van der Waals surface area contributed by atoms with Crippen LogP contribution in [0.1, 0.15) is 26.7 Å². The van der Waals surface area contributed by atoms with Gasteiger partial charge in [0.05, 0.1) is 11.4 Å². The van der Waals surface area contributed by atoms with Gasteiger partial charge in [-0.2, -0.15) is 0 Å². The maximum Gasteiger partial charge on any atom is 0.259 e. The first kappa shape index (κ1) is 12.9. The maximum absolute atomic E-state index is 4.46. The number of hydrogen-bond donors (Lipinski definition) is 0. The fourth-order valence-electron chi connectivity index (χ4n) is 2.53. The van der Waals surface area contributed by atoms with Gasteiger partial charge < -0.3 is 4.48 Å². The fraction of sp³-hybridized carbons (Fsp3) is 0.400. The Balaban J connectivity index is 2.31. The van der Waals surface area contributed by atoms with Gasteiger partial charge >= 0.3 is 0 Å². The molecule has 0 aromatic carbocycles. The molecule has 0 saturated heterocycles. The first-order valence-corrected chi connectivity index (χ1v) is 6.95. The molecule has 2 aromatic rings. The molecule has 0 amide bonds. The molecule has 0 bridgehead atoms. The molecule has 0 atom stereocenters. The van der Waals surface area contributed by atoms with Crippen molar-refractivity contribution in [1.29, 1.82) is 0 Å². The zero-order chi connectivity index (χ0) is 12.8. The Morgan fingerprint density at radius 3 is 2.44 bits per heavy atom. The van der Waals surface area contributed by atoms with E-state index in [4.69, 9.17) is 0 Å². The van der Waals surface area contributed by atoms with Crippen molar-refractivity contribution in [3.8, 4) is 11.4 Å². The van der Waals surface area contributed by atoms with Crippen LogP contribution < -0.4 is 0 Å². The molecule has 0 radical (unpaired) electrons. The van der Waals surface area contributed by atoms with Crippen LogP contribution in [-0.2, 0) is 0 Å². The number of nitrogens with zero attached hydrogens (tertiary/aromatic N) is 2. The van der Waals surface area contributed by atoms with Crippen LogP contribution in [-0.4, -0.2) is 16.3 Å². The Bertz CT molecular complexity index is 458. The normalized spacial score (nSPS) is 10.6. The molecule has 0 aliphatic heterocycles. The van der Waals surface area contributed by atoms with Gasteiger partial charge in [-0.25, -0.2) is 0 Å². The summed E-state index contributed by atoms with van der Waals surface area (Å²) < 4.78 is 2.40. The molecule has 0 aliphatic carbocycles. The summed E-state index contributed by atoms with van der Waals surface area (Å²) in [6.45, 7) is 5.12. The molecule has 0 N–H and O–H groups in total. The molecule has 0 saturated carbocycles. The molecule has 2 rings (SSSR count). The quantitative estimate of drug-likeness (QED) is 0.691. The Labute approximate surface area is 110 Å². The van der Waals surface area contributed by atoms with E-state index in [-0.39, 0.29) is 0 Å². The Kier molecular flexibility index (Phi) is 4.62. The van der Waals surface area contributed by atoms with Gasteiger partial charge in [-0.05, 0) is 30.5 Å². The average Bonchev–Trinajstić information content (AvgIpc) is 2.88. The summed E-state index contributed by atoms with van der Waals surface area (Å²) in [7, 11) is 0. The molecule has 0 fully saturated rings. The second-order valence-electron chi connectivity index (χ2n) is 4.75. The van der Waals surface area contributed by atoms with Crippen LogP contribution in [0.2, 0.25) is 12.6 Å². The fourth-order valence-corrected chi connectivity index (χ4v) is 2.53. The van der Waals surface area contributed by atoms with Gasteiger partial charge in [-0.3, -0.25) is 4.98 Å². The first-order valence-electron chi connectivity index (χ1n) is 6.95. The SMILES string of the molecule is CCCB(CCC)n1cccc1-c1ccccn1. The Morgan fingerprint density at radius 2 is 1.83 bits per heavy atom.